The maximum Gasteiger partial charge on any atom is 0.194 e. The standard InChI is InChI=1S/C25H24N4O/c1-17-12-15-21-24(25(26-17)28-19-13-14-19)22(30)16-23(27-18-8-4-2-5-9-18)29(21)20-10-6-3-7-11-20/h2-12,16,19,27H,13-15H2,1H3,(H,26,28). The molecule has 0 radical (unpaired) electrons. The SMILES string of the molecule is CC1=CCc2c(c(=O)cc(Nc3ccccc3)n2-c2ccccc2)C(=NC2CC2)N1. The lowest BCUT2D eigenvalue weighted by Crippen LogP contribution is -2.31. The van der Waals surface area contributed by atoms with Gasteiger partial charge in [-0.1, -0.05) is 42.5 Å². The molecule has 2 aromatic carbocycles. The van der Waals surface area contributed by atoms with E-state index >= 15 is 0 Å². The van der Waals surface area contributed by atoms with Crippen molar-refractivity contribution in [3.63, 3.8) is 0 Å². The molecule has 1 aromatic heterocycles. The van der Waals surface area contributed by atoms with Gasteiger partial charge >= 0.3 is 0 Å². The first-order valence-electron chi connectivity index (χ1n) is 10.4. The molecule has 30 heavy (non-hydrogen) atoms. The van der Waals surface area contributed by atoms with Crippen LogP contribution in [0.1, 0.15) is 31.0 Å². The van der Waals surface area contributed by atoms with Crippen molar-refractivity contribution in [3.8, 4) is 5.69 Å². The molecule has 2 N–H and O–H groups in total. The van der Waals surface area contributed by atoms with Crippen LogP contribution in [0, 0.1) is 0 Å². The summed E-state index contributed by atoms with van der Waals surface area (Å²) in [6.07, 6.45) is 4.94. The highest BCUT2D eigenvalue weighted by molar-refractivity contribution is 6.01. The number of nitrogens with one attached hydrogen (secondary N) is 2. The Morgan fingerprint density at radius 2 is 1.73 bits per heavy atom. The smallest absolute Gasteiger partial charge is 0.194 e. The predicted octanol–water partition coefficient (Wildman–Crippen LogP) is 4.54. The average molecular weight is 396 g/mol. The zero-order chi connectivity index (χ0) is 20.5. The van der Waals surface area contributed by atoms with Crippen LogP contribution in [0.25, 0.3) is 5.69 Å². The highest BCUT2D eigenvalue weighted by atomic mass is 16.1. The average Bonchev–Trinajstić information content (AvgIpc) is 3.58. The summed E-state index contributed by atoms with van der Waals surface area (Å²) < 4.78 is 2.14. The van der Waals surface area contributed by atoms with Crippen LogP contribution >= 0.6 is 0 Å². The Hall–Kier alpha value is -3.60. The first-order chi connectivity index (χ1) is 14.7. The van der Waals surface area contributed by atoms with Crippen LogP contribution in [-0.2, 0) is 6.42 Å². The molecule has 1 saturated carbocycles. The number of nitrogens with zero attached hydrogens (tertiary/aromatic N) is 2. The van der Waals surface area contributed by atoms with Crippen LogP contribution in [0.3, 0.4) is 0 Å². The highest BCUT2D eigenvalue weighted by Crippen LogP contribution is 2.28. The van der Waals surface area contributed by atoms with E-state index in [0.717, 1.165) is 41.4 Å². The molecule has 1 fully saturated rings. The normalized spacial score (nSPS) is 17.0. The highest BCUT2D eigenvalue weighted by Gasteiger charge is 2.26. The van der Waals surface area contributed by atoms with E-state index in [0.29, 0.717) is 23.9 Å². The number of aliphatic imine (C=N–C) groups is 1. The summed E-state index contributed by atoms with van der Waals surface area (Å²) in [6.45, 7) is 2.02. The first kappa shape index (κ1) is 18.4. The van der Waals surface area contributed by atoms with Crippen molar-refractivity contribution in [2.75, 3.05) is 5.32 Å². The van der Waals surface area contributed by atoms with Crippen molar-refractivity contribution in [3.05, 3.63) is 100.0 Å². The van der Waals surface area contributed by atoms with Gasteiger partial charge in [-0.15, -0.1) is 0 Å². The van der Waals surface area contributed by atoms with Crippen LogP contribution in [0.4, 0.5) is 11.5 Å². The zero-order valence-electron chi connectivity index (χ0n) is 16.9. The molecule has 0 atom stereocenters. The minimum Gasteiger partial charge on any atom is -0.344 e. The van der Waals surface area contributed by atoms with Crippen molar-refractivity contribution >= 4 is 17.3 Å². The number of pyridine rings is 1. The molecular weight excluding hydrogens is 372 g/mol. The molecule has 0 spiro atoms. The maximum atomic E-state index is 13.3. The Labute approximate surface area is 175 Å². The molecule has 2 aliphatic rings. The predicted molar refractivity (Wildman–Crippen MR) is 122 cm³/mol. The number of hydrogen-bond donors (Lipinski definition) is 2. The van der Waals surface area contributed by atoms with E-state index in [1.807, 2.05) is 55.5 Å². The fourth-order valence-corrected chi connectivity index (χ4v) is 3.77. The van der Waals surface area contributed by atoms with Gasteiger partial charge in [0.1, 0.15) is 11.7 Å². The second kappa shape index (κ2) is 7.67. The van der Waals surface area contributed by atoms with Crippen LogP contribution in [0.5, 0.6) is 0 Å². The lowest BCUT2D eigenvalue weighted by molar-refractivity contribution is 0.937. The Balaban J connectivity index is 1.76. The molecular formula is C25H24N4O. The van der Waals surface area contributed by atoms with E-state index in [9.17, 15) is 4.79 Å². The molecule has 0 bridgehead atoms. The van der Waals surface area contributed by atoms with Crippen molar-refractivity contribution < 1.29 is 0 Å². The fourth-order valence-electron chi connectivity index (χ4n) is 3.77. The molecule has 5 heteroatoms. The number of allylic oxidation sites excluding steroid dienone is 2. The number of hydrogen-bond acceptors (Lipinski definition) is 3. The third-order valence-corrected chi connectivity index (χ3v) is 5.39. The summed E-state index contributed by atoms with van der Waals surface area (Å²) in [6, 6.07) is 22.1. The number of rotatable bonds is 4. The Bertz CT molecular complexity index is 1190. The number of para-hydroxylation sites is 2. The number of amidine groups is 1. The van der Waals surface area contributed by atoms with E-state index in [2.05, 4.69) is 33.4 Å². The van der Waals surface area contributed by atoms with Gasteiger partial charge in [-0.05, 0) is 44.0 Å². The molecule has 0 unspecified atom stereocenters. The third kappa shape index (κ3) is 3.66. The molecule has 2 heterocycles. The van der Waals surface area contributed by atoms with Gasteiger partial charge < -0.3 is 10.6 Å². The zero-order valence-corrected chi connectivity index (χ0v) is 16.9. The van der Waals surface area contributed by atoms with E-state index in [1.165, 1.54) is 0 Å². The van der Waals surface area contributed by atoms with Crippen LogP contribution < -0.4 is 16.1 Å². The van der Waals surface area contributed by atoms with Gasteiger partial charge in [-0.2, -0.15) is 0 Å². The van der Waals surface area contributed by atoms with Gasteiger partial charge in [-0.25, -0.2) is 0 Å². The summed E-state index contributed by atoms with van der Waals surface area (Å²) in [5.41, 5.74) is 4.54. The topological polar surface area (TPSA) is 58.4 Å². The molecule has 3 aromatic rings. The fraction of sp³-hybridized carbons (Fsp3) is 0.200. The Kier molecular flexibility index (Phi) is 4.71. The summed E-state index contributed by atoms with van der Waals surface area (Å²) in [5, 5.41) is 6.82. The van der Waals surface area contributed by atoms with Crippen molar-refractivity contribution in [2.45, 2.75) is 32.2 Å². The quantitative estimate of drug-likeness (QED) is 0.681. The van der Waals surface area contributed by atoms with Gasteiger partial charge in [-0.3, -0.25) is 14.4 Å². The van der Waals surface area contributed by atoms with E-state index < -0.39 is 0 Å². The largest absolute Gasteiger partial charge is 0.344 e. The van der Waals surface area contributed by atoms with Gasteiger partial charge in [0.15, 0.2) is 5.43 Å². The number of aromatic nitrogens is 1. The molecule has 5 rings (SSSR count). The summed E-state index contributed by atoms with van der Waals surface area (Å²) >= 11 is 0. The summed E-state index contributed by atoms with van der Waals surface area (Å²) in [4.78, 5) is 18.2. The third-order valence-electron chi connectivity index (χ3n) is 5.39. The Morgan fingerprint density at radius 1 is 1.03 bits per heavy atom. The van der Waals surface area contributed by atoms with Gasteiger partial charge in [0.2, 0.25) is 0 Å². The molecule has 1 aliphatic carbocycles. The van der Waals surface area contributed by atoms with E-state index in [4.69, 9.17) is 4.99 Å². The van der Waals surface area contributed by atoms with E-state index in [1.54, 1.807) is 6.07 Å². The second-order valence-corrected chi connectivity index (χ2v) is 7.80. The lowest BCUT2D eigenvalue weighted by Gasteiger charge is -2.22. The molecule has 1 aliphatic heterocycles. The first-order valence-corrected chi connectivity index (χ1v) is 10.4. The molecule has 5 nitrogen and oxygen atoms in total. The van der Waals surface area contributed by atoms with Gasteiger partial charge in [0.25, 0.3) is 0 Å². The monoisotopic (exact) mass is 396 g/mol. The summed E-state index contributed by atoms with van der Waals surface area (Å²) in [7, 11) is 0. The second-order valence-electron chi connectivity index (χ2n) is 7.80. The Morgan fingerprint density at radius 3 is 2.43 bits per heavy atom. The van der Waals surface area contributed by atoms with Crippen molar-refractivity contribution in [1.82, 2.24) is 9.88 Å². The number of fused-ring (bicyclic) bond motifs is 1. The number of benzene rings is 2. The molecule has 150 valence electrons. The molecule has 0 saturated heterocycles. The van der Waals surface area contributed by atoms with Crippen LogP contribution in [0.15, 0.2) is 88.3 Å². The van der Waals surface area contributed by atoms with Crippen molar-refractivity contribution in [1.29, 1.82) is 0 Å². The molecule has 0 amide bonds. The number of anilines is 2. The van der Waals surface area contributed by atoms with Crippen LogP contribution in [0.2, 0.25) is 0 Å². The van der Waals surface area contributed by atoms with Gasteiger partial charge in [0.05, 0.1) is 11.6 Å². The minimum atomic E-state index is -0.0226. The van der Waals surface area contributed by atoms with E-state index in [-0.39, 0.29) is 5.43 Å². The lowest BCUT2D eigenvalue weighted by atomic mass is 10.1. The van der Waals surface area contributed by atoms with Gasteiger partial charge in [0, 0.05) is 35.3 Å². The maximum absolute atomic E-state index is 13.3. The minimum absolute atomic E-state index is 0.0226. The van der Waals surface area contributed by atoms with Crippen LogP contribution in [-0.4, -0.2) is 16.4 Å². The summed E-state index contributed by atoms with van der Waals surface area (Å²) in [5.74, 6) is 1.44. The van der Waals surface area contributed by atoms with Crippen molar-refractivity contribution in [2.24, 2.45) is 4.99 Å².